The summed E-state index contributed by atoms with van der Waals surface area (Å²) in [6.07, 6.45) is 1.59. The van der Waals surface area contributed by atoms with Crippen molar-refractivity contribution in [2.75, 3.05) is 5.32 Å². The van der Waals surface area contributed by atoms with Gasteiger partial charge in [-0.1, -0.05) is 39.1 Å². The van der Waals surface area contributed by atoms with E-state index in [0.717, 1.165) is 15.8 Å². The molecule has 2 heterocycles. The lowest BCUT2D eigenvalue weighted by Gasteiger charge is -2.03. The van der Waals surface area contributed by atoms with Crippen LogP contribution in [0.1, 0.15) is 10.4 Å². The summed E-state index contributed by atoms with van der Waals surface area (Å²) in [6.45, 7) is 0. The van der Waals surface area contributed by atoms with Crippen molar-refractivity contribution in [1.82, 2.24) is 4.98 Å². The van der Waals surface area contributed by atoms with Crippen LogP contribution in [0, 0.1) is 0 Å². The molecule has 7 heteroatoms. The SMILES string of the molecule is O=C(Nc1cc(Br)ccn1)c1cc(Cl)sc1Cl. The van der Waals surface area contributed by atoms with Crippen LogP contribution in [0.2, 0.25) is 8.67 Å². The lowest BCUT2D eigenvalue weighted by molar-refractivity contribution is 0.102. The number of thiophene rings is 1. The largest absolute Gasteiger partial charge is 0.306 e. The van der Waals surface area contributed by atoms with E-state index in [-0.39, 0.29) is 5.91 Å². The predicted octanol–water partition coefficient (Wildman–Crippen LogP) is 4.46. The topological polar surface area (TPSA) is 42.0 Å². The van der Waals surface area contributed by atoms with Crippen LogP contribution in [-0.4, -0.2) is 10.9 Å². The fraction of sp³-hybridized carbons (Fsp3) is 0. The highest BCUT2D eigenvalue weighted by Gasteiger charge is 2.14. The molecule has 0 saturated carbocycles. The van der Waals surface area contributed by atoms with Gasteiger partial charge in [0.25, 0.3) is 5.91 Å². The van der Waals surface area contributed by atoms with E-state index in [2.05, 4.69) is 26.2 Å². The monoisotopic (exact) mass is 350 g/mol. The molecule has 0 unspecified atom stereocenters. The zero-order chi connectivity index (χ0) is 12.4. The minimum absolute atomic E-state index is 0.330. The Morgan fingerprint density at radius 3 is 2.76 bits per heavy atom. The van der Waals surface area contributed by atoms with Gasteiger partial charge in [-0.05, 0) is 18.2 Å². The molecule has 0 bridgehead atoms. The number of nitrogens with one attached hydrogen (secondary N) is 1. The van der Waals surface area contributed by atoms with Gasteiger partial charge in [-0.2, -0.15) is 0 Å². The normalized spacial score (nSPS) is 10.3. The number of hydrogen-bond donors (Lipinski definition) is 1. The maximum atomic E-state index is 11.9. The number of hydrogen-bond acceptors (Lipinski definition) is 3. The number of anilines is 1. The number of amides is 1. The van der Waals surface area contributed by atoms with Crippen molar-refractivity contribution in [2.24, 2.45) is 0 Å². The second kappa shape index (κ2) is 5.35. The highest BCUT2D eigenvalue weighted by molar-refractivity contribution is 9.10. The first-order valence-electron chi connectivity index (χ1n) is 4.44. The highest BCUT2D eigenvalue weighted by Crippen LogP contribution is 2.31. The van der Waals surface area contributed by atoms with E-state index < -0.39 is 0 Å². The number of nitrogens with zero attached hydrogens (tertiary/aromatic N) is 1. The number of carbonyl (C=O) groups is 1. The molecule has 17 heavy (non-hydrogen) atoms. The van der Waals surface area contributed by atoms with Crippen molar-refractivity contribution in [3.63, 3.8) is 0 Å². The van der Waals surface area contributed by atoms with E-state index in [4.69, 9.17) is 23.2 Å². The molecule has 2 aromatic heterocycles. The van der Waals surface area contributed by atoms with Crippen molar-refractivity contribution in [3.05, 3.63) is 43.1 Å². The van der Waals surface area contributed by atoms with Gasteiger partial charge in [0, 0.05) is 10.7 Å². The van der Waals surface area contributed by atoms with Crippen LogP contribution in [0.25, 0.3) is 0 Å². The molecule has 2 rings (SSSR count). The third kappa shape index (κ3) is 3.19. The molecule has 1 amide bonds. The molecule has 1 N–H and O–H groups in total. The van der Waals surface area contributed by atoms with Crippen LogP contribution in [0.5, 0.6) is 0 Å². The summed E-state index contributed by atoms with van der Waals surface area (Å²) in [5, 5.41) is 2.64. The van der Waals surface area contributed by atoms with E-state index in [0.29, 0.717) is 20.1 Å². The Kier molecular flexibility index (Phi) is 4.04. The van der Waals surface area contributed by atoms with Gasteiger partial charge in [0.05, 0.1) is 9.90 Å². The van der Waals surface area contributed by atoms with Gasteiger partial charge in [-0.25, -0.2) is 4.98 Å². The fourth-order valence-electron chi connectivity index (χ4n) is 1.15. The highest BCUT2D eigenvalue weighted by atomic mass is 79.9. The summed E-state index contributed by atoms with van der Waals surface area (Å²) in [5.41, 5.74) is 0.350. The Balaban J connectivity index is 2.20. The molecular formula is C10H5BrCl2N2OS. The van der Waals surface area contributed by atoms with Crippen molar-refractivity contribution in [1.29, 1.82) is 0 Å². The Labute approximate surface area is 120 Å². The predicted molar refractivity (Wildman–Crippen MR) is 74.2 cm³/mol. The van der Waals surface area contributed by atoms with Crippen molar-refractivity contribution in [2.45, 2.75) is 0 Å². The van der Waals surface area contributed by atoms with Gasteiger partial charge in [0.2, 0.25) is 0 Å². The second-order valence-electron chi connectivity index (χ2n) is 3.05. The van der Waals surface area contributed by atoms with Crippen molar-refractivity contribution in [3.8, 4) is 0 Å². The lowest BCUT2D eigenvalue weighted by atomic mass is 10.3. The third-order valence-corrected chi connectivity index (χ3v) is 3.85. The standard InChI is InChI=1S/C10H5BrCl2N2OS/c11-5-1-2-14-8(3-5)15-10(16)6-4-7(12)17-9(6)13/h1-4H,(H,14,15,16). The number of carbonyl (C=O) groups excluding carboxylic acids is 1. The van der Waals surface area contributed by atoms with Crippen LogP contribution in [0.4, 0.5) is 5.82 Å². The molecule has 3 nitrogen and oxygen atoms in total. The van der Waals surface area contributed by atoms with Crippen LogP contribution in [-0.2, 0) is 0 Å². The summed E-state index contributed by atoms with van der Waals surface area (Å²) in [7, 11) is 0. The minimum atomic E-state index is -0.330. The number of rotatable bonds is 2. The Bertz CT molecular complexity index is 573. The third-order valence-electron chi connectivity index (χ3n) is 1.86. The first-order chi connectivity index (χ1) is 8.06. The molecule has 0 aliphatic carbocycles. The van der Waals surface area contributed by atoms with Crippen molar-refractivity contribution < 1.29 is 4.79 Å². The molecule has 0 atom stereocenters. The maximum absolute atomic E-state index is 11.9. The average molecular weight is 352 g/mol. The quantitative estimate of drug-likeness (QED) is 0.867. The van der Waals surface area contributed by atoms with E-state index in [9.17, 15) is 4.79 Å². The molecule has 0 aliphatic heterocycles. The summed E-state index contributed by atoms with van der Waals surface area (Å²) in [6, 6.07) is 4.99. The maximum Gasteiger partial charge on any atom is 0.259 e. The van der Waals surface area contributed by atoms with Crippen LogP contribution >= 0.6 is 50.5 Å². The summed E-state index contributed by atoms with van der Waals surface area (Å²) in [4.78, 5) is 15.9. The zero-order valence-corrected chi connectivity index (χ0v) is 12.1. The molecule has 0 saturated heterocycles. The Morgan fingerprint density at radius 1 is 1.41 bits per heavy atom. The first kappa shape index (κ1) is 12.8. The molecule has 88 valence electrons. The first-order valence-corrected chi connectivity index (χ1v) is 6.80. The van der Waals surface area contributed by atoms with E-state index in [1.54, 1.807) is 18.3 Å². The molecule has 0 spiro atoms. The minimum Gasteiger partial charge on any atom is -0.306 e. The molecule has 0 aromatic carbocycles. The van der Waals surface area contributed by atoms with E-state index in [1.165, 1.54) is 6.07 Å². The molecule has 0 radical (unpaired) electrons. The van der Waals surface area contributed by atoms with Gasteiger partial charge in [-0.3, -0.25) is 4.79 Å². The van der Waals surface area contributed by atoms with E-state index in [1.807, 2.05) is 0 Å². The number of aromatic nitrogens is 1. The molecule has 0 aliphatic rings. The van der Waals surface area contributed by atoms with Crippen LogP contribution in [0.15, 0.2) is 28.9 Å². The smallest absolute Gasteiger partial charge is 0.259 e. The van der Waals surface area contributed by atoms with Gasteiger partial charge in [0.1, 0.15) is 10.2 Å². The van der Waals surface area contributed by atoms with E-state index >= 15 is 0 Å². The summed E-state index contributed by atoms with van der Waals surface area (Å²) >= 11 is 16.1. The average Bonchev–Trinajstić information content (AvgIpc) is 2.58. The van der Waals surface area contributed by atoms with Gasteiger partial charge in [0.15, 0.2) is 0 Å². The Hall–Kier alpha value is -0.620. The zero-order valence-electron chi connectivity index (χ0n) is 8.21. The summed E-state index contributed by atoms with van der Waals surface area (Å²) in [5.74, 6) is 0.117. The van der Waals surface area contributed by atoms with Gasteiger partial charge >= 0.3 is 0 Å². The Morgan fingerprint density at radius 2 is 2.18 bits per heavy atom. The fourth-order valence-corrected chi connectivity index (χ4v) is 2.95. The lowest BCUT2D eigenvalue weighted by Crippen LogP contribution is -2.12. The van der Waals surface area contributed by atoms with Crippen molar-refractivity contribution >= 4 is 62.2 Å². The molecular weight excluding hydrogens is 347 g/mol. The molecule has 2 aromatic rings. The van der Waals surface area contributed by atoms with Crippen LogP contribution in [0.3, 0.4) is 0 Å². The summed E-state index contributed by atoms with van der Waals surface area (Å²) < 4.78 is 1.67. The number of halogens is 3. The van der Waals surface area contributed by atoms with Crippen LogP contribution < -0.4 is 5.32 Å². The van der Waals surface area contributed by atoms with Gasteiger partial charge in [-0.15, -0.1) is 11.3 Å². The number of pyridine rings is 1. The molecule has 0 fully saturated rings. The van der Waals surface area contributed by atoms with Gasteiger partial charge < -0.3 is 5.32 Å². The second-order valence-corrected chi connectivity index (χ2v) is 6.25.